The molecule has 0 aromatic heterocycles. The van der Waals surface area contributed by atoms with Gasteiger partial charge in [0, 0.05) is 5.02 Å². The summed E-state index contributed by atoms with van der Waals surface area (Å²) < 4.78 is 0. The number of aliphatic hydroxyl groups is 1. The summed E-state index contributed by atoms with van der Waals surface area (Å²) in [7, 11) is 0. The zero-order valence-electron chi connectivity index (χ0n) is 6.80. The Kier molecular flexibility index (Phi) is 3.87. The Balaban J connectivity index is 3.05. The van der Waals surface area contributed by atoms with Crippen LogP contribution in [-0.4, -0.2) is 16.9 Å². The maximum Gasteiger partial charge on any atom is 0.117 e. The van der Waals surface area contributed by atoms with Gasteiger partial charge in [0.25, 0.3) is 0 Å². The van der Waals surface area contributed by atoms with Crippen LogP contribution in [0.1, 0.15) is 5.56 Å². The zero-order valence-corrected chi connectivity index (χ0v) is 9.07. The Morgan fingerprint density at radius 3 is 2.31 bits per heavy atom. The fourth-order valence-corrected chi connectivity index (χ4v) is 1.75. The van der Waals surface area contributed by atoms with Gasteiger partial charge in [0.1, 0.15) is 5.60 Å². The molecule has 0 saturated carbocycles. The summed E-state index contributed by atoms with van der Waals surface area (Å²) in [6.07, 6.45) is 0. The molecule has 1 nitrogen and oxygen atoms in total. The van der Waals surface area contributed by atoms with Crippen LogP contribution in [0.4, 0.5) is 0 Å². The number of hydrogen-bond donors (Lipinski definition) is 1. The largest absolute Gasteiger partial charge is 0.383 e. The van der Waals surface area contributed by atoms with Crippen LogP contribution in [0.15, 0.2) is 24.3 Å². The molecule has 0 aliphatic rings. The van der Waals surface area contributed by atoms with E-state index in [0.717, 1.165) is 0 Å². The number of alkyl halides is 2. The maximum atomic E-state index is 9.90. The topological polar surface area (TPSA) is 20.2 Å². The van der Waals surface area contributed by atoms with Crippen molar-refractivity contribution in [2.24, 2.45) is 0 Å². The molecule has 0 saturated heterocycles. The van der Waals surface area contributed by atoms with Crippen molar-refractivity contribution >= 4 is 34.8 Å². The van der Waals surface area contributed by atoms with Gasteiger partial charge in [0.2, 0.25) is 0 Å². The van der Waals surface area contributed by atoms with Crippen molar-refractivity contribution < 1.29 is 5.11 Å². The van der Waals surface area contributed by atoms with Crippen LogP contribution in [-0.2, 0) is 5.60 Å². The van der Waals surface area contributed by atoms with Gasteiger partial charge in [-0.15, -0.1) is 23.2 Å². The highest BCUT2D eigenvalue weighted by atomic mass is 35.5. The molecule has 1 aromatic rings. The van der Waals surface area contributed by atoms with Crippen molar-refractivity contribution in [1.82, 2.24) is 0 Å². The van der Waals surface area contributed by atoms with E-state index >= 15 is 0 Å². The molecule has 0 unspecified atom stereocenters. The van der Waals surface area contributed by atoms with Crippen LogP contribution >= 0.6 is 34.8 Å². The van der Waals surface area contributed by atoms with Crippen LogP contribution in [0.5, 0.6) is 0 Å². The molecular weight excluding hydrogens is 230 g/mol. The van der Waals surface area contributed by atoms with Gasteiger partial charge >= 0.3 is 0 Å². The van der Waals surface area contributed by atoms with E-state index in [1.54, 1.807) is 24.3 Å². The minimum atomic E-state index is -1.19. The predicted molar refractivity (Wildman–Crippen MR) is 56.8 cm³/mol. The second-order valence-electron chi connectivity index (χ2n) is 2.81. The molecule has 0 bridgehead atoms. The zero-order chi connectivity index (χ0) is 9.90. The predicted octanol–water partition coefficient (Wildman–Crippen LogP) is 3.01. The summed E-state index contributed by atoms with van der Waals surface area (Å²) in [6, 6.07) is 6.89. The van der Waals surface area contributed by atoms with E-state index in [1.807, 2.05) is 0 Å². The van der Waals surface area contributed by atoms with Crippen LogP contribution in [0.25, 0.3) is 0 Å². The normalized spacial score (nSPS) is 11.7. The molecule has 1 rings (SSSR count). The number of hydrogen-bond acceptors (Lipinski definition) is 1. The molecule has 0 amide bonds. The minimum Gasteiger partial charge on any atom is -0.383 e. The highest BCUT2D eigenvalue weighted by molar-refractivity contribution is 6.30. The second kappa shape index (κ2) is 4.52. The van der Waals surface area contributed by atoms with Gasteiger partial charge in [0.15, 0.2) is 0 Å². The first-order valence-corrected chi connectivity index (χ1v) is 5.17. The first-order valence-electron chi connectivity index (χ1n) is 3.73. The van der Waals surface area contributed by atoms with Crippen molar-refractivity contribution in [1.29, 1.82) is 0 Å². The molecular formula is C9H9Cl3O. The third kappa shape index (κ3) is 2.50. The molecule has 0 spiro atoms. The molecule has 0 aliphatic carbocycles. The van der Waals surface area contributed by atoms with Gasteiger partial charge in [-0.1, -0.05) is 23.7 Å². The van der Waals surface area contributed by atoms with E-state index in [2.05, 4.69) is 0 Å². The molecule has 0 fully saturated rings. The molecule has 0 radical (unpaired) electrons. The lowest BCUT2D eigenvalue weighted by molar-refractivity contribution is 0.0862. The maximum absolute atomic E-state index is 9.90. The molecule has 1 N–H and O–H groups in total. The lowest BCUT2D eigenvalue weighted by Gasteiger charge is -2.23. The number of benzene rings is 1. The highest BCUT2D eigenvalue weighted by Gasteiger charge is 2.27. The summed E-state index contributed by atoms with van der Waals surface area (Å²) >= 11 is 17.0. The smallest absolute Gasteiger partial charge is 0.117 e. The Labute approximate surface area is 92.2 Å². The Bertz CT molecular complexity index is 284. The fourth-order valence-electron chi connectivity index (χ4n) is 0.968. The van der Waals surface area contributed by atoms with Crippen LogP contribution < -0.4 is 0 Å². The molecule has 0 heterocycles. The first kappa shape index (κ1) is 11.1. The monoisotopic (exact) mass is 238 g/mol. The minimum absolute atomic E-state index is 0.0524. The molecule has 13 heavy (non-hydrogen) atoms. The standard InChI is InChI=1S/C9H9Cl3O/c10-5-9(13,6-11)7-2-1-3-8(12)4-7/h1-4,13H,5-6H2. The van der Waals surface area contributed by atoms with Gasteiger partial charge in [-0.2, -0.15) is 0 Å². The van der Waals surface area contributed by atoms with E-state index in [4.69, 9.17) is 34.8 Å². The van der Waals surface area contributed by atoms with Crippen molar-refractivity contribution in [3.8, 4) is 0 Å². The summed E-state index contributed by atoms with van der Waals surface area (Å²) in [5.41, 5.74) is -0.543. The van der Waals surface area contributed by atoms with Crippen LogP contribution in [0.2, 0.25) is 5.02 Å². The first-order chi connectivity index (χ1) is 6.12. The van der Waals surface area contributed by atoms with Crippen molar-refractivity contribution in [2.45, 2.75) is 5.60 Å². The van der Waals surface area contributed by atoms with Gasteiger partial charge in [-0.3, -0.25) is 0 Å². The van der Waals surface area contributed by atoms with E-state index in [1.165, 1.54) is 0 Å². The lowest BCUT2D eigenvalue weighted by Crippen LogP contribution is -2.29. The van der Waals surface area contributed by atoms with Gasteiger partial charge in [-0.05, 0) is 17.7 Å². The summed E-state index contributed by atoms with van der Waals surface area (Å²) in [5.74, 6) is 0.105. The van der Waals surface area contributed by atoms with E-state index in [9.17, 15) is 5.11 Å². The third-order valence-electron chi connectivity index (χ3n) is 1.80. The van der Waals surface area contributed by atoms with Crippen molar-refractivity contribution in [3.05, 3.63) is 34.9 Å². The number of rotatable bonds is 3. The molecule has 72 valence electrons. The average Bonchev–Trinajstić information content (AvgIpc) is 2.17. The van der Waals surface area contributed by atoms with Gasteiger partial charge in [-0.25, -0.2) is 0 Å². The van der Waals surface area contributed by atoms with Crippen LogP contribution in [0.3, 0.4) is 0 Å². The Morgan fingerprint density at radius 1 is 1.23 bits per heavy atom. The summed E-state index contributed by atoms with van der Waals surface area (Å²) in [5, 5.41) is 10.5. The van der Waals surface area contributed by atoms with Gasteiger partial charge in [0.05, 0.1) is 11.8 Å². The Hall–Kier alpha value is 0.0500. The molecule has 1 aromatic carbocycles. The number of halogens is 3. The van der Waals surface area contributed by atoms with E-state index in [-0.39, 0.29) is 11.8 Å². The molecule has 0 atom stereocenters. The average molecular weight is 240 g/mol. The second-order valence-corrected chi connectivity index (χ2v) is 3.78. The summed E-state index contributed by atoms with van der Waals surface area (Å²) in [6.45, 7) is 0. The lowest BCUT2D eigenvalue weighted by atomic mass is 9.98. The molecule has 0 aliphatic heterocycles. The quantitative estimate of drug-likeness (QED) is 0.804. The third-order valence-corrected chi connectivity index (χ3v) is 2.92. The Morgan fingerprint density at radius 2 is 1.85 bits per heavy atom. The van der Waals surface area contributed by atoms with E-state index in [0.29, 0.717) is 10.6 Å². The van der Waals surface area contributed by atoms with E-state index < -0.39 is 5.60 Å². The SMILES string of the molecule is OC(CCl)(CCl)c1cccc(Cl)c1. The van der Waals surface area contributed by atoms with Crippen molar-refractivity contribution in [2.75, 3.05) is 11.8 Å². The van der Waals surface area contributed by atoms with Gasteiger partial charge < -0.3 is 5.11 Å². The van der Waals surface area contributed by atoms with Crippen LogP contribution in [0, 0.1) is 0 Å². The fraction of sp³-hybridized carbons (Fsp3) is 0.333. The molecule has 4 heteroatoms. The highest BCUT2D eigenvalue weighted by Crippen LogP contribution is 2.26. The van der Waals surface area contributed by atoms with Crippen molar-refractivity contribution in [3.63, 3.8) is 0 Å². The summed E-state index contributed by atoms with van der Waals surface area (Å²) in [4.78, 5) is 0.